The molecule has 0 aromatic rings. The van der Waals surface area contributed by atoms with E-state index in [2.05, 4.69) is 26.0 Å². The quantitative estimate of drug-likeness (QED) is 0.0264. The van der Waals surface area contributed by atoms with Gasteiger partial charge in [0.15, 0.2) is 6.10 Å². The first kappa shape index (κ1) is 52.1. The number of ether oxygens (including phenoxy) is 3. The highest BCUT2D eigenvalue weighted by Crippen LogP contribution is 2.16. The number of carboxylic acid groups (broad SMARTS) is 1. The zero-order valence-corrected chi connectivity index (χ0v) is 36.2. The van der Waals surface area contributed by atoms with E-state index < -0.39 is 18.1 Å². The lowest BCUT2D eigenvalue weighted by molar-refractivity contribution is -0.889. The number of carbonyl (C=O) groups is 3. The Labute approximate surface area is 333 Å². The van der Waals surface area contributed by atoms with E-state index in [9.17, 15) is 19.5 Å². The Morgan fingerprint density at radius 2 is 0.944 bits per heavy atom. The van der Waals surface area contributed by atoms with Gasteiger partial charge in [-0.25, -0.2) is 0 Å². The molecule has 0 saturated carbocycles. The van der Waals surface area contributed by atoms with Gasteiger partial charge in [-0.05, 0) is 32.1 Å². The molecule has 0 rings (SSSR count). The minimum Gasteiger partial charge on any atom is -0.544 e. The van der Waals surface area contributed by atoms with Gasteiger partial charge < -0.3 is 28.6 Å². The van der Waals surface area contributed by atoms with E-state index in [0.29, 0.717) is 12.8 Å². The Morgan fingerprint density at radius 1 is 0.537 bits per heavy atom. The summed E-state index contributed by atoms with van der Waals surface area (Å²) in [6, 6.07) is -0.725. The first-order valence-corrected chi connectivity index (χ1v) is 22.7. The van der Waals surface area contributed by atoms with Crippen LogP contribution in [0, 0.1) is 0 Å². The topological polar surface area (TPSA) is 102 Å². The van der Waals surface area contributed by atoms with Gasteiger partial charge in [0, 0.05) is 19.3 Å². The average molecular weight is 766 g/mol. The average Bonchev–Trinajstić information content (AvgIpc) is 3.12. The third-order valence-electron chi connectivity index (χ3n) is 10.4. The van der Waals surface area contributed by atoms with Crippen molar-refractivity contribution in [2.24, 2.45) is 0 Å². The van der Waals surface area contributed by atoms with Crippen LogP contribution >= 0.6 is 0 Å². The van der Waals surface area contributed by atoms with Gasteiger partial charge in [-0.15, -0.1) is 0 Å². The first-order valence-electron chi connectivity index (χ1n) is 22.7. The van der Waals surface area contributed by atoms with Gasteiger partial charge in [-0.1, -0.05) is 174 Å². The summed E-state index contributed by atoms with van der Waals surface area (Å²) >= 11 is 0. The molecule has 2 unspecified atom stereocenters. The number of allylic oxidation sites excluding steroid dienone is 2. The fourth-order valence-electron chi connectivity index (χ4n) is 6.84. The van der Waals surface area contributed by atoms with Crippen LogP contribution in [0.1, 0.15) is 213 Å². The van der Waals surface area contributed by atoms with Gasteiger partial charge in [-0.3, -0.25) is 9.59 Å². The van der Waals surface area contributed by atoms with Crippen molar-refractivity contribution >= 4 is 17.9 Å². The lowest BCUT2D eigenvalue weighted by Crippen LogP contribution is -2.55. The molecule has 0 aliphatic rings. The Kier molecular flexibility index (Phi) is 36.6. The smallest absolute Gasteiger partial charge is 0.306 e. The molecule has 0 radical (unpaired) electrons. The normalized spacial score (nSPS) is 13.0. The summed E-state index contributed by atoms with van der Waals surface area (Å²) in [7, 11) is 5.40. The van der Waals surface area contributed by atoms with Gasteiger partial charge in [0.2, 0.25) is 0 Å². The second kappa shape index (κ2) is 38.0. The number of esters is 2. The van der Waals surface area contributed by atoms with E-state index in [1.54, 1.807) is 21.1 Å². The molecule has 0 heterocycles. The largest absolute Gasteiger partial charge is 0.544 e. The maximum absolute atomic E-state index is 12.6. The highest BCUT2D eigenvalue weighted by atomic mass is 16.6. The van der Waals surface area contributed by atoms with Crippen LogP contribution in [0.3, 0.4) is 0 Å². The Balaban J connectivity index is 4.15. The lowest BCUT2D eigenvalue weighted by Gasteiger charge is -2.34. The van der Waals surface area contributed by atoms with Gasteiger partial charge in [0.1, 0.15) is 12.6 Å². The molecule has 0 bridgehead atoms. The molecule has 8 nitrogen and oxygen atoms in total. The SMILES string of the molecule is CCCCCC/C=C/CCCC(=O)OC(COCCC(C(=O)[O-])[N+](C)(C)C)COC(=O)CCCCCCCCCCCCCCCCCCCCCCC. The summed E-state index contributed by atoms with van der Waals surface area (Å²) in [4.78, 5) is 36.7. The molecule has 8 heteroatoms. The molecule has 0 spiro atoms. The van der Waals surface area contributed by atoms with Crippen molar-refractivity contribution in [1.82, 2.24) is 0 Å². The summed E-state index contributed by atoms with van der Waals surface area (Å²) < 4.78 is 17.1. The predicted octanol–water partition coefficient (Wildman–Crippen LogP) is 11.0. The second-order valence-electron chi connectivity index (χ2n) is 16.6. The van der Waals surface area contributed by atoms with E-state index in [-0.39, 0.29) is 49.1 Å². The first-order chi connectivity index (χ1) is 26.1. The maximum atomic E-state index is 12.6. The van der Waals surface area contributed by atoms with Crippen LogP contribution < -0.4 is 5.11 Å². The van der Waals surface area contributed by atoms with Crippen molar-refractivity contribution in [1.29, 1.82) is 0 Å². The minimum absolute atomic E-state index is 0.0347. The van der Waals surface area contributed by atoms with Crippen LogP contribution in [-0.4, -0.2) is 75.5 Å². The van der Waals surface area contributed by atoms with Crippen molar-refractivity contribution in [3.8, 4) is 0 Å². The third-order valence-corrected chi connectivity index (χ3v) is 10.4. The van der Waals surface area contributed by atoms with Crippen LogP contribution in [0.2, 0.25) is 0 Å². The number of unbranched alkanes of at least 4 members (excludes halogenated alkanes) is 25. The third kappa shape index (κ3) is 35.8. The molecular weight excluding hydrogens is 679 g/mol. The zero-order chi connectivity index (χ0) is 40.0. The number of quaternary nitrogens is 1. The zero-order valence-electron chi connectivity index (χ0n) is 36.2. The molecule has 0 fully saturated rings. The molecule has 0 aliphatic heterocycles. The van der Waals surface area contributed by atoms with Gasteiger partial charge in [0.05, 0.1) is 40.3 Å². The van der Waals surface area contributed by atoms with Crippen LogP contribution in [0.25, 0.3) is 0 Å². The highest BCUT2D eigenvalue weighted by Gasteiger charge is 2.25. The number of hydrogen-bond acceptors (Lipinski definition) is 7. The van der Waals surface area contributed by atoms with E-state index in [1.807, 2.05) is 0 Å². The Bertz CT molecular complexity index is 900. The van der Waals surface area contributed by atoms with Crippen LogP contribution in [0.15, 0.2) is 12.2 Å². The number of hydrogen-bond donors (Lipinski definition) is 0. The number of carbonyl (C=O) groups excluding carboxylic acids is 3. The van der Waals surface area contributed by atoms with E-state index >= 15 is 0 Å². The predicted molar refractivity (Wildman–Crippen MR) is 222 cm³/mol. The van der Waals surface area contributed by atoms with Gasteiger partial charge in [-0.2, -0.15) is 0 Å². The molecule has 54 heavy (non-hydrogen) atoms. The summed E-state index contributed by atoms with van der Waals surface area (Å²) in [6.07, 6.45) is 39.7. The Hall–Kier alpha value is -1.93. The number of aliphatic carboxylic acids is 1. The molecule has 0 aromatic heterocycles. The van der Waals surface area contributed by atoms with Crippen molar-refractivity contribution in [2.75, 3.05) is 41.0 Å². The van der Waals surface area contributed by atoms with Gasteiger partial charge >= 0.3 is 11.9 Å². The summed E-state index contributed by atoms with van der Waals surface area (Å²) in [5, 5.41) is 11.6. The molecule has 0 amide bonds. The van der Waals surface area contributed by atoms with Crippen LogP contribution in [0.5, 0.6) is 0 Å². The molecule has 0 saturated heterocycles. The summed E-state index contributed by atoms with van der Waals surface area (Å²) in [6.45, 7) is 4.62. The van der Waals surface area contributed by atoms with Crippen molar-refractivity contribution < 1.29 is 38.2 Å². The van der Waals surface area contributed by atoms with E-state index in [4.69, 9.17) is 14.2 Å². The number of nitrogens with zero attached hydrogens (tertiary/aromatic N) is 1. The van der Waals surface area contributed by atoms with Crippen molar-refractivity contribution in [3.05, 3.63) is 12.2 Å². The summed E-state index contributed by atoms with van der Waals surface area (Å²) in [5.41, 5.74) is 0. The fourth-order valence-corrected chi connectivity index (χ4v) is 6.84. The molecule has 2 atom stereocenters. The van der Waals surface area contributed by atoms with Crippen LogP contribution in [-0.2, 0) is 28.6 Å². The molecule has 318 valence electrons. The maximum Gasteiger partial charge on any atom is 0.306 e. The van der Waals surface area contributed by atoms with E-state index in [0.717, 1.165) is 32.1 Å². The molecule has 0 N–H and O–H groups in total. The molecular formula is C46H87NO7. The highest BCUT2D eigenvalue weighted by molar-refractivity contribution is 5.70. The van der Waals surface area contributed by atoms with E-state index in [1.165, 1.54) is 141 Å². The standard InChI is InChI=1S/C46H87NO7/c1-6-8-10-12-14-16-17-18-19-20-21-22-23-24-25-26-27-29-30-32-34-36-44(48)53-41-42(40-52-39-38-43(46(50)51)47(3,4)5)54-45(49)37-35-33-31-28-15-13-11-9-7-2/h28,31,42-43H,6-27,29-30,32-41H2,1-5H3/b31-28+. The van der Waals surface area contributed by atoms with Crippen molar-refractivity contribution in [3.63, 3.8) is 0 Å². The fraction of sp³-hybridized carbons (Fsp3) is 0.891. The number of rotatable bonds is 41. The van der Waals surface area contributed by atoms with Gasteiger partial charge in [0.25, 0.3) is 0 Å². The second-order valence-corrected chi connectivity index (χ2v) is 16.6. The summed E-state index contributed by atoms with van der Waals surface area (Å²) in [5.74, 6) is -1.77. The minimum atomic E-state index is -1.13. The molecule has 0 aliphatic carbocycles. The lowest BCUT2D eigenvalue weighted by atomic mass is 10.0. The van der Waals surface area contributed by atoms with Crippen LogP contribution in [0.4, 0.5) is 0 Å². The molecule has 0 aromatic carbocycles. The number of likely N-dealkylation sites (N-methyl/N-ethyl adjacent to an activating group) is 1. The monoisotopic (exact) mass is 766 g/mol. The van der Waals surface area contributed by atoms with Crippen molar-refractivity contribution in [2.45, 2.75) is 225 Å². The Morgan fingerprint density at radius 3 is 1.39 bits per heavy atom. The number of carboxylic acids is 1.